The zero-order valence-electron chi connectivity index (χ0n) is 10.7. The Bertz CT molecular complexity index is 451. The molecule has 0 aliphatic carbocycles. The molecule has 4 heteroatoms. The molecule has 18 heavy (non-hydrogen) atoms. The van der Waals surface area contributed by atoms with Gasteiger partial charge in [-0.25, -0.2) is 0 Å². The van der Waals surface area contributed by atoms with Crippen LogP contribution in [0.4, 0.5) is 11.4 Å². The molecule has 1 saturated heterocycles. The van der Waals surface area contributed by atoms with E-state index in [9.17, 15) is 0 Å². The van der Waals surface area contributed by atoms with Crippen LogP contribution < -0.4 is 10.6 Å². The minimum atomic E-state index is 0.546. The van der Waals surface area contributed by atoms with Crippen LogP contribution in [0.5, 0.6) is 0 Å². The third-order valence-electron chi connectivity index (χ3n) is 3.44. The molecule has 0 aromatic heterocycles. The number of nitrogens with two attached hydrogens (primary N) is 1. The first-order valence-corrected chi connectivity index (χ1v) is 6.28. The third kappa shape index (κ3) is 2.74. The lowest BCUT2D eigenvalue weighted by molar-refractivity contribution is 0.143. The van der Waals surface area contributed by atoms with Crippen molar-refractivity contribution in [3.63, 3.8) is 0 Å². The Balaban J connectivity index is 2.11. The second-order valence-corrected chi connectivity index (χ2v) is 4.79. The van der Waals surface area contributed by atoms with Gasteiger partial charge in [0.1, 0.15) is 6.07 Å². The molecule has 1 fully saturated rings. The quantitative estimate of drug-likeness (QED) is 0.827. The van der Waals surface area contributed by atoms with Gasteiger partial charge in [0, 0.05) is 25.9 Å². The molecule has 1 aliphatic rings. The molecule has 1 unspecified atom stereocenters. The molecule has 0 radical (unpaired) electrons. The predicted octanol–water partition coefficient (Wildman–Crippen LogP) is 2.00. The summed E-state index contributed by atoms with van der Waals surface area (Å²) < 4.78 is 5.23. The number of nitriles is 1. The molecule has 2 N–H and O–H groups in total. The minimum absolute atomic E-state index is 0.546. The van der Waals surface area contributed by atoms with E-state index >= 15 is 0 Å². The number of nitrogens with zero attached hydrogens (tertiary/aromatic N) is 2. The van der Waals surface area contributed by atoms with Crippen molar-refractivity contribution in [1.29, 1.82) is 5.26 Å². The van der Waals surface area contributed by atoms with Gasteiger partial charge in [-0.15, -0.1) is 0 Å². The molecule has 0 amide bonds. The van der Waals surface area contributed by atoms with Crippen LogP contribution in [0.3, 0.4) is 0 Å². The highest BCUT2D eigenvalue weighted by atomic mass is 16.5. The van der Waals surface area contributed by atoms with Crippen molar-refractivity contribution in [2.24, 2.45) is 5.92 Å². The van der Waals surface area contributed by atoms with E-state index < -0.39 is 0 Å². The lowest BCUT2D eigenvalue weighted by Gasteiger charge is -2.34. The van der Waals surface area contributed by atoms with Gasteiger partial charge in [0.15, 0.2) is 0 Å². The average molecular weight is 245 g/mol. The Kier molecular flexibility index (Phi) is 4.06. The van der Waals surface area contributed by atoms with Gasteiger partial charge in [-0.1, -0.05) is 0 Å². The van der Waals surface area contributed by atoms with Gasteiger partial charge >= 0.3 is 0 Å². The molecule has 1 heterocycles. The monoisotopic (exact) mass is 245 g/mol. The maximum atomic E-state index is 8.87. The zero-order valence-corrected chi connectivity index (χ0v) is 10.7. The smallest absolute Gasteiger partial charge is 0.101 e. The maximum absolute atomic E-state index is 8.87. The topological polar surface area (TPSA) is 62.3 Å². The first kappa shape index (κ1) is 12.7. The van der Waals surface area contributed by atoms with E-state index in [2.05, 4.69) is 11.0 Å². The number of benzene rings is 1. The van der Waals surface area contributed by atoms with Crippen molar-refractivity contribution in [3.05, 3.63) is 23.8 Å². The second-order valence-electron chi connectivity index (χ2n) is 4.79. The van der Waals surface area contributed by atoms with Crippen LogP contribution in [0, 0.1) is 17.2 Å². The first-order valence-electron chi connectivity index (χ1n) is 6.28. The molecule has 4 nitrogen and oxygen atoms in total. The summed E-state index contributed by atoms with van der Waals surface area (Å²) in [6, 6.07) is 7.76. The van der Waals surface area contributed by atoms with E-state index in [1.54, 1.807) is 13.2 Å². The van der Waals surface area contributed by atoms with Crippen molar-refractivity contribution < 1.29 is 4.74 Å². The normalized spacial score (nSPS) is 19.6. The maximum Gasteiger partial charge on any atom is 0.101 e. The van der Waals surface area contributed by atoms with Crippen LogP contribution in [0.1, 0.15) is 18.4 Å². The number of ether oxygens (including phenoxy) is 1. The van der Waals surface area contributed by atoms with Gasteiger partial charge in [-0.3, -0.25) is 0 Å². The fourth-order valence-corrected chi connectivity index (χ4v) is 2.52. The Morgan fingerprint density at radius 3 is 3.06 bits per heavy atom. The zero-order chi connectivity index (χ0) is 13.0. The van der Waals surface area contributed by atoms with Crippen LogP contribution in [0.2, 0.25) is 0 Å². The second kappa shape index (κ2) is 5.74. The molecule has 1 atom stereocenters. The van der Waals surface area contributed by atoms with Crippen LogP contribution in [-0.2, 0) is 4.74 Å². The van der Waals surface area contributed by atoms with Crippen molar-refractivity contribution in [3.8, 4) is 6.07 Å². The van der Waals surface area contributed by atoms with Crippen molar-refractivity contribution >= 4 is 11.4 Å². The van der Waals surface area contributed by atoms with Gasteiger partial charge in [-0.2, -0.15) is 5.26 Å². The molecular weight excluding hydrogens is 226 g/mol. The number of hydrogen-bond acceptors (Lipinski definition) is 4. The van der Waals surface area contributed by atoms with Gasteiger partial charge in [0.25, 0.3) is 0 Å². The number of nitrogen functional groups attached to an aromatic ring is 1. The number of methoxy groups -OCH3 is 1. The Morgan fingerprint density at radius 1 is 1.56 bits per heavy atom. The summed E-state index contributed by atoms with van der Waals surface area (Å²) in [6.07, 6.45) is 2.39. The molecule has 96 valence electrons. The summed E-state index contributed by atoms with van der Waals surface area (Å²) >= 11 is 0. The summed E-state index contributed by atoms with van der Waals surface area (Å²) in [7, 11) is 1.75. The summed E-state index contributed by atoms with van der Waals surface area (Å²) in [5, 5.41) is 8.87. The van der Waals surface area contributed by atoms with E-state index in [-0.39, 0.29) is 0 Å². The fourth-order valence-electron chi connectivity index (χ4n) is 2.52. The molecule has 0 bridgehead atoms. The molecule has 0 spiro atoms. The highest BCUT2D eigenvalue weighted by Crippen LogP contribution is 2.26. The minimum Gasteiger partial charge on any atom is -0.398 e. The Hall–Kier alpha value is -1.73. The van der Waals surface area contributed by atoms with Crippen LogP contribution in [0.25, 0.3) is 0 Å². The van der Waals surface area contributed by atoms with E-state index in [0.29, 0.717) is 17.2 Å². The SMILES string of the molecule is COCC1CCCN(c2ccc(C#N)c(N)c2)C1. The van der Waals surface area contributed by atoms with Crippen molar-refractivity contribution in [1.82, 2.24) is 0 Å². The third-order valence-corrected chi connectivity index (χ3v) is 3.44. The highest BCUT2D eigenvalue weighted by Gasteiger charge is 2.20. The summed E-state index contributed by atoms with van der Waals surface area (Å²) in [6.45, 7) is 2.85. The molecule has 1 aromatic carbocycles. The summed E-state index contributed by atoms with van der Waals surface area (Å²) in [5.41, 5.74) is 8.07. The summed E-state index contributed by atoms with van der Waals surface area (Å²) in [4.78, 5) is 2.32. The standard InChI is InChI=1S/C14H19N3O/c1-18-10-11-3-2-6-17(9-11)13-5-4-12(8-15)14(16)7-13/h4-5,7,11H,2-3,6,9-10,16H2,1H3. The number of anilines is 2. The van der Waals surface area contributed by atoms with E-state index in [1.807, 2.05) is 12.1 Å². The Morgan fingerprint density at radius 2 is 2.39 bits per heavy atom. The van der Waals surface area contributed by atoms with Crippen LogP contribution >= 0.6 is 0 Å². The van der Waals surface area contributed by atoms with Crippen LogP contribution in [-0.4, -0.2) is 26.8 Å². The number of rotatable bonds is 3. The Labute approximate surface area is 108 Å². The van der Waals surface area contributed by atoms with Gasteiger partial charge in [0.2, 0.25) is 0 Å². The molecule has 0 saturated carbocycles. The number of hydrogen-bond donors (Lipinski definition) is 1. The van der Waals surface area contributed by atoms with Gasteiger partial charge in [-0.05, 0) is 37.0 Å². The largest absolute Gasteiger partial charge is 0.398 e. The average Bonchev–Trinajstić information content (AvgIpc) is 2.39. The molecule has 1 aliphatic heterocycles. The molecule has 1 aromatic rings. The van der Waals surface area contributed by atoms with Crippen molar-refractivity contribution in [2.45, 2.75) is 12.8 Å². The fraction of sp³-hybridized carbons (Fsp3) is 0.500. The number of piperidine rings is 1. The van der Waals surface area contributed by atoms with E-state index in [4.69, 9.17) is 15.7 Å². The van der Waals surface area contributed by atoms with E-state index in [0.717, 1.165) is 25.4 Å². The van der Waals surface area contributed by atoms with Crippen molar-refractivity contribution in [2.75, 3.05) is 37.4 Å². The summed E-state index contributed by atoms with van der Waals surface area (Å²) in [5.74, 6) is 0.584. The molecular formula is C14H19N3O. The van der Waals surface area contributed by atoms with E-state index in [1.165, 1.54) is 12.8 Å². The van der Waals surface area contributed by atoms with Gasteiger partial charge < -0.3 is 15.4 Å². The van der Waals surface area contributed by atoms with Crippen LogP contribution in [0.15, 0.2) is 18.2 Å². The molecule has 2 rings (SSSR count). The predicted molar refractivity (Wildman–Crippen MR) is 72.4 cm³/mol. The first-order chi connectivity index (χ1) is 8.74. The highest BCUT2D eigenvalue weighted by molar-refractivity contribution is 5.63. The lowest BCUT2D eigenvalue weighted by atomic mass is 9.98. The van der Waals surface area contributed by atoms with Gasteiger partial charge in [0.05, 0.1) is 17.9 Å². The lowest BCUT2D eigenvalue weighted by Crippen LogP contribution is -2.37.